The van der Waals surface area contributed by atoms with E-state index in [-0.39, 0.29) is 0 Å². The standard InChI is InChI=1S/C15H24N2O2/c1-12-11-15(13(2)10-14(12)18-3)19-9-8-17-6-4-16-5-7-17/h10-11,16H,4-9H2,1-3H3. The highest BCUT2D eigenvalue weighted by Gasteiger charge is 2.10. The molecule has 0 aliphatic carbocycles. The zero-order valence-electron chi connectivity index (χ0n) is 12.2. The van der Waals surface area contributed by atoms with Crippen molar-refractivity contribution in [2.24, 2.45) is 0 Å². The molecule has 0 spiro atoms. The fourth-order valence-electron chi connectivity index (χ4n) is 2.36. The fraction of sp³-hybridized carbons (Fsp3) is 0.600. The Morgan fingerprint density at radius 2 is 1.74 bits per heavy atom. The lowest BCUT2D eigenvalue weighted by molar-refractivity contribution is 0.190. The Hall–Kier alpha value is -1.26. The minimum atomic E-state index is 0.743. The summed E-state index contributed by atoms with van der Waals surface area (Å²) in [5.41, 5.74) is 2.24. The summed E-state index contributed by atoms with van der Waals surface area (Å²) in [5, 5.41) is 3.36. The Kier molecular flexibility index (Phi) is 5.05. The number of rotatable bonds is 5. The summed E-state index contributed by atoms with van der Waals surface area (Å²) in [7, 11) is 1.70. The SMILES string of the molecule is COc1cc(C)c(OCCN2CCNCC2)cc1C. The number of nitrogens with zero attached hydrogens (tertiary/aromatic N) is 1. The van der Waals surface area contributed by atoms with Crippen molar-refractivity contribution in [1.29, 1.82) is 0 Å². The third-order valence-corrected chi connectivity index (χ3v) is 3.57. The van der Waals surface area contributed by atoms with Crippen molar-refractivity contribution < 1.29 is 9.47 Å². The predicted molar refractivity (Wildman–Crippen MR) is 77.3 cm³/mol. The number of methoxy groups -OCH3 is 1. The molecule has 1 aliphatic rings. The second kappa shape index (κ2) is 6.78. The van der Waals surface area contributed by atoms with Crippen LogP contribution in [0, 0.1) is 13.8 Å². The molecule has 1 aliphatic heterocycles. The molecule has 0 atom stereocenters. The molecule has 1 aromatic carbocycles. The number of hydrogen-bond acceptors (Lipinski definition) is 4. The Labute approximate surface area is 115 Å². The number of ether oxygens (including phenoxy) is 2. The van der Waals surface area contributed by atoms with Crippen molar-refractivity contribution in [1.82, 2.24) is 10.2 Å². The van der Waals surface area contributed by atoms with Crippen LogP contribution in [0.2, 0.25) is 0 Å². The molecule has 1 heterocycles. The fourth-order valence-corrected chi connectivity index (χ4v) is 2.36. The van der Waals surface area contributed by atoms with Crippen LogP contribution < -0.4 is 14.8 Å². The normalized spacial score (nSPS) is 16.4. The summed E-state index contributed by atoms with van der Waals surface area (Å²) in [6.45, 7) is 10.2. The first-order valence-electron chi connectivity index (χ1n) is 6.92. The van der Waals surface area contributed by atoms with Crippen LogP contribution in [0.3, 0.4) is 0 Å². The van der Waals surface area contributed by atoms with Gasteiger partial charge in [-0.25, -0.2) is 0 Å². The molecule has 0 unspecified atom stereocenters. The van der Waals surface area contributed by atoms with Crippen LogP contribution >= 0.6 is 0 Å². The van der Waals surface area contributed by atoms with E-state index in [2.05, 4.69) is 23.2 Å². The molecule has 19 heavy (non-hydrogen) atoms. The van der Waals surface area contributed by atoms with Crippen LogP contribution in [-0.2, 0) is 0 Å². The van der Waals surface area contributed by atoms with Gasteiger partial charge < -0.3 is 14.8 Å². The quantitative estimate of drug-likeness (QED) is 0.876. The second-order valence-corrected chi connectivity index (χ2v) is 5.03. The summed E-state index contributed by atoms with van der Waals surface area (Å²) in [5.74, 6) is 1.89. The second-order valence-electron chi connectivity index (χ2n) is 5.03. The Morgan fingerprint density at radius 1 is 1.11 bits per heavy atom. The Bertz CT molecular complexity index is 415. The largest absolute Gasteiger partial charge is 0.496 e. The average molecular weight is 264 g/mol. The van der Waals surface area contributed by atoms with Crippen molar-refractivity contribution >= 4 is 0 Å². The van der Waals surface area contributed by atoms with Gasteiger partial charge >= 0.3 is 0 Å². The maximum atomic E-state index is 5.90. The van der Waals surface area contributed by atoms with Crippen LogP contribution in [0.1, 0.15) is 11.1 Å². The summed E-state index contributed by atoms with van der Waals surface area (Å²) in [6.07, 6.45) is 0. The zero-order chi connectivity index (χ0) is 13.7. The van der Waals surface area contributed by atoms with Gasteiger partial charge in [0.15, 0.2) is 0 Å². The first kappa shape index (κ1) is 14.2. The van der Waals surface area contributed by atoms with Crippen LogP contribution in [-0.4, -0.2) is 51.3 Å². The van der Waals surface area contributed by atoms with E-state index in [1.54, 1.807) is 7.11 Å². The Morgan fingerprint density at radius 3 is 2.42 bits per heavy atom. The molecule has 4 nitrogen and oxygen atoms in total. The van der Waals surface area contributed by atoms with Crippen molar-refractivity contribution in [3.8, 4) is 11.5 Å². The molecule has 1 N–H and O–H groups in total. The average Bonchev–Trinajstić information content (AvgIpc) is 2.43. The molecule has 106 valence electrons. The van der Waals surface area contributed by atoms with Gasteiger partial charge in [-0.2, -0.15) is 0 Å². The molecule has 0 bridgehead atoms. The number of benzene rings is 1. The van der Waals surface area contributed by atoms with Gasteiger partial charge in [0.1, 0.15) is 18.1 Å². The molecule has 0 radical (unpaired) electrons. The lowest BCUT2D eigenvalue weighted by Gasteiger charge is -2.27. The highest BCUT2D eigenvalue weighted by atomic mass is 16.5. The number of nitrogens with one attached hydrogen (secondary N) is 1. The number of piperazine rings is 1. The van der Waals surface area contributed by atoms with Crippen molar-refractivity contribution in [2.45, 2.75) is 13.8 Å². The maximum absolute atomic E-state index is 5.90. The summed E-state index contributed by atoms with van der Waals surface area (Å²) in [6, 6.07) is 4.10. The molecule has 1 fully saturated rings. The molecule has 4 heteroatoms. The van der Waals surface area contributed by atoms with Gasteiger partial charge in [-0.3, -0.25) is 4.90 Å². The molecule has 0 aromatic heterocycles. The van der Waals surface area contributed by atoms with E-state index in [1.807, 2.05) is 13.0 Å². The van der Waals surface area contributed by atoms with E-state index in [0.717, 1.165) is 62.0 Å². The molecule has 0 saturated carbocycles. The molecule has 2 rings (SSSR count). The lowest BCUT2D eigenvalue weighted by Crippen LogP contribution is -2.44. The molecule has 1 saturated heterocycles. The van der Waals surface area contributed by atoms with Gasteiger partial charge in [-0.15, -0.1) is 0 Å². The minimum absolute atomic E-state index is 0.743. The third kappa shape index (κ3) is 3.85. The monoisotopic (exact) mass is 264 g/mol. The van der Waals surface area contributed by atoms with E-state index >= 15 is 0 Å². The van der Waals surface area contributed by atoms with Gasteiger partial charge in [0.05, 0.1) is 7.11 Å². The van der Waals surface area contributed by atoms with Gasteiger partial charge in [0, 0.05) is 32.7 Å². The summed E-state index contributed by atoms with van der Waals surface area (Å²) >= 11 is 0. The van der Waals surface area contributed by atoms with E-state index in [0.29, 0.717) is 0 Å². The molecule has 0 amide bonds. The summed E-state index contributed by atoms with van der Waals surface area (Å²) < 4.78 is 11.2. The zero-order valence-corrected chi connectivity index (χ0v) is 12.2. The Balaban J connectivity index is 1.86. The third-order valence-electron chi connectivity index (χ3n) is 3.57. The van der Waals surface area contributed by atoms with E-state index < -0.39 is 0 Å². The van der Waals surface area contributed by atoms with Crippen LogP contribution in [0.4, 0.5) is 0 Å². The first-order valence-corrected chi connectivity index (χ1v) is 6.92. The summed E-state index contributed by atoms with van der Waals surface area (Å²) in [4.78, 5) is 2.43. The topological polar surface area (TPSA) is 33.7 Å². The highest BCUT2D eigenvalue weighted by molar-refractivity contribution is 5.45. The molecular formula is C15H24N2O2. The van der Waals surface area contributed by atoms with Crippen molar-refractivity contribution in [3.05, 3.63) is 23.3 Å². The van der Waals surface area contributed by atoms with E-state index in [9.17, 15) is 0 Å². The lowest BCUT2D eigenvalue weighted by atomic mass is 10.1. The van der Waals surface area contributed by atoms with E-state index in [4.69, 9.17) is 9.47 Å². The smallest absolute Gasteiger partial charge is 0.122 e. The van der Waals surface area contributed by atoms with Crippen molar-refractivity contribution in [3.63, 3.8) is 0 Å². The van der Waals surface area contributed by atoms with Crippen LogP contribution in [0.15, 0.2) is 12.1 Å². The molecular weight excluding hydrogens is 240 g/mol. The van der Waals surface area contributed by atoms with Crippen LogP contribution in [0.5, 0.6) is 11.5 Å². The highest BCUT2D eigenvalue weighted by Crippen LogP contribution is 2.27. The van der Waals surface area contributed by atoms with E-state index in [1.165, 1.54) is 0 Å². The van der Waals surface area contributed by atoms with Gasteiger partial charge in [0.25, 0.3) is 0 Å². The predicted octanol–water partition coefficient (Wildman–Crippen LogP) is 1.60. The minimum Gasteiger partial charge on any atom is -0.496 e. The van der Waals surface area contributed by atoms with Gasteiger partial charge in [-0.05, 0) is 37.1 Å². The molecule has 1 aromatic rings. The van der Waals surface area contributed by atoms with Crippen LogP contribution in [0.25, 0.3) is 0 Å². The first-order chi connectivity index (χ1) is 9.20. The van der Waals surface area contributed by atoms with Gasteiger partial charge in [-0.1, -0.05) is 0 Å². The maximum Gasteiger partial charge on any atom is 0.122 e. The number of aryl methyl sites for hydroxylation is 2. The van der Waals surface area contributed by atoms with Crippen molar-refractivity contribution in [2.75, 3.05) is 46.4 Å². The number of hydrogen-bond donors (Lipinski definition) is 1. The van der Waals surface area contributed by atoms with Gasteiger partial charge in [0.2, 0.25) is 0 Å².